The number of rotatable bonds is 11. The molecule has 0 atom stereocenters. The summed E-state index contributed by atoms with van der Waals surface area (Å²) in [5.74, 6) is 2.85. The molecule has 6 aromatic rings. The lowest BCUT2D eigenvalue weighted by Crippen LogP contribution is -2.03. The summed E-state index contributed by atoms with van der Waals surface area (Å²) < 4.78 is 24.7. The van der Waals surface area contributed by atoms with Crippen LogP contribution in [0.3, 0.4) is 0 Å². The Morgan fingerprint density at radius 2 is 0.667 bits per heavy atom. The molecule has 6 nitrogen and oxygen atoms in total. The molecule has 2 N–H and O–H groups in total. The van der Waals surface area contributed by atoms with Crippen molar-refractivity contribution in [1.82, 2.24) is 0 Å². The van der Waals surface area contributed by atoms with Gasteiger partial charge < -0.3 is 29.2 Å². The third-order valence-corrected chi connectivity index (χ3v) is 7.22. The van der Waals surface area contributed by atoms with E-state index >= 15 is 0 Å². The molecule has 6 heteroatoms. The van der Waals surface area contributed by atoms with E-state index in [4.69, 9.17) is 18.9 Å². The van der Waals surface area contributed by atoms with Gasteiger partial charge >= 0.3 is 0 Å². The zero-order valence-electron chi connectivity index (χ0n) is 24.7. The van der Waals surface area contributed by atoms with Gasteiger partial charge in [0.2, 0.25) is 11.5 Å². The second-order valence-electron chi connectivity index (χ2n) is 10.4. The van der Waals surface area contributed by atoms with E-state index in [0.717, 1.165) is 11.1 Å². The van der Waals surface area contributed by atoms with Crippen LogP contribution in [0.4, 0.5) is 0 Å². The quantitative estimate of drug-likeness (QED) is 0.155. The van der Waals surface area contributed by atoms with Crippen molar-refractivity contribution in [3.05, 3.63) is 157 Å². The van der Waals surface area contributed by atoms with Crippen molar-refractivity contribution >= 4 is 0 Å². The molecule has 45 heavy (non-hydrogen) atoms. The number of para-hydroxylation sites is 4. The van der Waals surface area contributed by atoms with E-state index in [0.29, 0.717) is 29.4 Å². The number of ether oxygens (including phenoxy) is 4. The summed E-state index contributed by atoms with van der Waals surface area (Å²) in [7, 11) is 0. The minimum absolute atomic E-state index is 0.117. The highest BCUT2D eigenvalue weighted by atomic mass is 16.5. The lowest BCUT2D eigenvalue weighted by Gasteiger charge is -2.22. The van der Waals surface area contributed by atoms with Crippen molar-refractivity contribution in [3.8, 4) is 57.5 Å². The van der Waals surface area contributed by atoms with Gasteiger partial charge in [0.1, 0.15) is 23.0 Å². The van der Waals surface area contributed by atoms with E-state index in [1.807, 2.05) is 146 Å². The smallest absolute Gasteiger partial charge is 0.202 e. The summed E-state index contributed by atoms with van der Waals surface area (Å²) in [6, 6.07) is 44.4. The van der Waals surface area contributed by atoms with Crippen molar-refractivity contribution in [3.63, 3.8) is 0 Å². The van der Waals surface area contributed by atoms with Gasteiger partial charge in [-0.25, -0.2) is 0 Å². The molecular formula is C39H32O6. The van der Waals surface area contributed by atoms with Crippen LogP contribution < -0.4 is 18.9 Å². The number of hydrogen-bond donors (Lipinski definition) is 2. The number of phenols is 2. The van der Waals surface area contributed by atoms with Gasteiger partial charge in [-0.15, -0.1) is 0 Å². The average Bonchev–Trinajstić information content (AvgIpc) is 3.07. The molecule has 0 radical (unpaired) electrons. The highest BCUT2D eigenvalue weighted by Gasteiger charge is 2.24. The van der Waals surface area contributed by atoms with Crippen LogP contribution in [-0.4, -0.2) is 10.2 Å². The molecule has 0 spiro atoms. The number of benzene rings is 6. The molecule has 0 heterocycles. The minimum atomic E-state index is -0.223. The molecule has 0 unspecified atom stereocenters. The SMILES string of the molecule is CCC(c1cc(Oc2ccccc2)c(O)c(Oc2ccccc2)c1)c1cc(Oc2ccccc2)c(O)c(Oc2ccccc2)c1. The van der Waals surface area contributed by atoms with E-state index in [1.165, 1.54) is 0 Å². The van der Waals surface area contributed by atoms with Crippen LogP contribution in [0.1, 0.15) is 30.4 Å². The lowest BCUT2D eigenvalue weighted by atomic mass is 9.88. The molecule has 224 valence electrons. The molecule has 6 rings (SSSR count). The van der Waals surface area contributed by atoms with Crippen molar-refractivity contribution in [1.29, 1.82) is 0 Å². The van der Waals surface area contributed by atoms with Gasteiger partial charge in [-0.2, -0.15) is 0 Å². The first-order valence-corrected chi connectivity index (χ1v) is 14.7. The standard InChI is InChI=1S/C39H32O6/c1-2-33(27-23-34(42-29-15-7-3-8-16-29)38(40)35(24-27)43-30-17-9-4-10-18-30)28-25-36(44-31-19-11-5-12-20-31)39(41)37(26-28)45-32-21-13-6-14-22-32/h3-26,33,40-41H,2H2,1H3. The predicted octanol–water partition coefficient (Wildman–Crippen LogP) is 10.8. The molecule has 0 aliphatic heterocycles. The lowest BCUT2D eigenvalue weighted by molar-refractivity contribution is 0.375. The molecule has 0 aliphatic carbocycles. The molecular weight excluding hydrogens is 564 g/mol. The Morgan fingerprint density at radius 3 is 0.889 bits per heavy atom. The summed E-state index contributed by atoms with van der Waals surface area (Å²) in [4.78, 5) is 0. The van der Waals surface area contributed by atoms with Gasteiger partial charge in [-0.1, -0.05) is 79.7 Å². The molecule has 0 aromatic heterocycles. The Balaban J connectivity index is 1.46. The van der Waals surface area contributed by atoms with Crippen LogP contribution in [0.15, 0.2) is 146 Å². The van der Waals surface area contributed by atoms with E-state index in [-0.39, 0.29) is 40.4 Å². The van der Waals surface area contributed by atoms with Crippen molar-refractivity contribution in [2.24, 2.45) is 0 Å². The molecule has 6 aromatic carbocycles. The fourth-order valence-electron chi connectivity index (χ4n) is 5.04. The second-order valence-corrected chi connectivity index (χ2v) is 10.4. The van der Waals surface area contributed by atoms with Crippen LogP contribution in [0.5, 0.6) is 57.5 Å². The van der Waals surface area contributed by atoms with Gasteiger partial charge in [0, 0.05) is 5.92 Å². The highest BCUT2D eigenvalue weighted by Crippen LogP contribution is 2.48. The summed E-state index contributed by atoms with van der Waals surface area (Å²) in [6.45, 7) is 2.06. The first-order valence-electron chi connectivity index (χ1n) is 14.7. The Labute approximate surface area is 262 Å². The maximum absolute atomic E-state index is 11.3. The van der Waals surface area contributed by atoms with Gasteiger partial charge in [-0.05, 0) is 90.3 Å². The van der Waals surface area contributed by atoms with Gasteiger partial charge in [-0.3, -0.25) is 0 Å². The molecule has 0 aliphatic rings. The maximum Gasteiger partial charge on any atom is 0.202 e. The molecule has 0 bridgehead atoms. The maximum atomic E-state index is 11.3. The second kappa shape index (κ2) is 13.6. The van der Waals surface area contributed by atoms with Crippen molar-refractivity contribution in [2.75, 3.05) is 0 Å². The predicted molar refractivity (Wildman–Crippen MR) is 174 cm³/mol. The van der Waals surface area contributed by atoms with E-state index < -0.39 is 0 Å². The third kappa shape index (κ3) is 7.03. The van der Waals surface area contributed by atoms with Crippen LogP contribution in [0.2, 0.25) is 0 Å². The Kier molecular flexibility index (Phi) is 8.83. The summed E-state index contributed by atoms with van der Waals surface area (Å²) in [6.07, 6.45) is 0.667. The molecule has 0 saturated carbocycles. The van der Waals surface area contributed by atoms with Crippen LogP contribution >= 0.6 is 0 Å². The molecule has 0 fully saturated rings. The fourth-order valence-corrected chi connectivity index (χ4v) is 5.04. The van der Waals surface area contributed by atoms with Crippen LogP contribution in [-0.2, 0) is 0 Å². The van der Waals surface area contributed by atoms with Crippen molar-refractivity contribution in [2.45, 2.75) is 19.3 Å². The fraction of sp³-hybridized carbons (Fsp3) is 0.0769. The minimum Gasteiger partial charge on any atom is -0.502 e. The first kappa shape index (κ1) is 29.2. The monoisotopic (exact) mass is 596 g/mol. The van der Waals surface area contributed by atoms with Gasteiger partial charge in [0.25, 0.3) is 0 Å². The zero-order chi connectivity index (χ0) is 31.0. The van der Waals surface area contributed by atoms with E-state index in [9.17, 15) is 10.2 Å². The van der Waals surface area contributed by atoms with Crippen LogP contribution in [0, 0.1) is 0 Å². The Hall–Kier alpha value is -5.88. The first-order chi connectivity index (χ1) is 22.1. The molecule has 0 saturated heterocycles. The Morgan fingerprint density at radius 1 is 0.422 bits per heavy atom. The highest BCUT2D eigenvalue weighted by molar-refractivity contribution is 5.60. The number of aromatic hydroxyl groups is 2. The summed E-state index contributed by atoms with van der Waals surface area (Å²) in [5, 5.41) is 22.6. The summed E-state index contributed by atoms with van der Waals surface area (Å²) >= 11 is 0. The third-order valence-electron chi connectivity index (χ3n) is 7.22. The average molecular weight is 597 g/mol. The summed E-state index contributed by atoms with van der Waals surface area (Å²) in [5.41, 5.74) is 1.66. The Bertz CT molecular complexity index is 1580. The molecule has 0 amide bonds. The van der Waals surface area contributed by atoms with Crippen molar-refractivity contribution < 1.29 is 29.2 Å². The van der Waals surface area contributed by atoms with Gasteiger partial charge in [0.05, 0.1) is 0 Å². The van der Waals surface area contributed by atoms with E-state index in [1.54, 1.807) is 0 Å². The number of phenolic OH excluding ortho intramolecular Hbond substituents is 2. The van der Waals surface area contributed by atoms with Gasteiger partial charge in [0.15, 0.2) is 23.0 Å². The number of hydrogen-bond acceptors (Lipinski definition) is 6. The zero-order valence-corrected chi connectivity index (χ0v) is 24.7. The topological polar surface area (TPSA) is 77.4 Å². The largest absolute Gasteiger partial charge is 0.502 e. The van der Waals surface area contributed by atoms with E-state index in [2.05, 4.69) is 6.92 Å². The normalized spacial score (nSPS) is 10.8. The van der Waals surface area contributed by atoms with Crippen LogP contribution in [0.25, 0.3) is 0 Å².